The predicted octanol–water partition coefficient (Wildman–Crippen LogP) is 5.80. The monoisotopic (exact) mass is 986 g/mol. The molecular formula is C27H21F2I3NO11S-. The molecule has 2 aromatic carbocycles. The van der Waals surface area contributed by atoms with Gasteiger partial charge in [-0.05, 0) is 136 Å². The molecule has 0 N–H and O–H groups in total. The van der Waals surface area contributed by atoms with E-state index in [4.69, 9.17) is 9.47 Å². The average molecular weight is 986 g/mol. The number of ether oxygens (including phenoxy) is 3. The minimum atomic E-state index is -6.06. The normalized spacial score (nSPS) is 25.5. The van der Waals surface area contributed by atoms with E-state index < -0.39 is 61.5 Å². The Morgan fingerprint density at radius 2 is 1.67 bits per heavy atom. The van der Waals surface area contributed by atoms with Gasteiger partial charge in [0.15, 0.2) is 16.7 Å². The number of hydrogen-bond acceptors (Lipinski definition) is 11. The Balaban J connectivity index is 1.35. The number of nitro groups is 1. The van der Waals surface area contributed by atoms with Crippen molar-refractivity contribution in [3.05, 3.63) is 62.3 Å². The van der Waals surface area contributed by atoms with E-state index in [0.717, 1.165) is 19.3 Å². The highest BCUT2D eigenvalue weighted by molar-refractivity contribution is 14.1. The lowest BCUT2D eigenvalue weighted by Gasteiger charge is -2.59. The highest BCUT2D eigenvalue weighted by Gasteiger charge is 2.63. The van der Waals surface area contributed by atoms with Crippen LogP contribution < -0.4 is 4.74 Å². The molecule has 0 saturated heterocycles. The summed E-state index contributed by atoms with van der Waals surface area (Å²) in [6.07, 6.45) is 1.84. The second-order valence-electron chi connectivity index (χ2n) is 11.6. The van der Waals surface area contributed by atoms with Crippen LogP contribution in [0.25, 0.3) is 0 Å². The number of rotatable bonds is 9. The van der Waals surface area contributed by atoms with Crippen molar-refractivity contribution in [1.82, 2.24) is 0 Å². The van der Waals surface area contributed by atoms with Crippen LogP contribution in [0.5, 0.6) is 5.75 Å². The van der Waals surface area contributed by atoms with Crippen molar-refractivity contribution in [2.75, 3.05) is 6.61 Å². The molecule has 4 bridgehead atoms. The van der Waals surface area contributed by atoms with Crippen molar-refractivity contribution in [2.45, 2.75) is 49.4 Å². The second kappa shape index (κ2) is 12.3. The van der Waals surface area contributed by atoms with Crippen molar-refractivity contribution in [3.8, 4) is 5.75 Å². The van der Waals surface area contributed by atoms with Gasteiger partial charge in [0.1, 0.15) is 5.60 Å². The molecular weight excluding hydrogens is 965 g/mol. The van der Waals surface area contributed by atoms with Crippen molar-refractivity contribution >= 4 is 101 Å². The van der Waals surface area contributed by atoms with E-state index in [9.17, 15) is 46.2 Å². The Bertz CT molecular complexity index is 1720. The zero-order valence-electron chi connectivity index (χ0n) is 22.7. The van der Waals surface area contributed by atoms with Gasteiger partial charge in [0.25, 0.3) is 0 Å². The van der Waals surface area contributed by atoms with Crippen LogP contribution in [0.3, 0.4) is 0 Å². The van der Waals surface area contributed by atoms with Crippen LogP contribution in [0.4, 0.5) is 14.5 Å². The second-order valence-corrected chi connectivity index (χ2v) is 16.6. The maximum absolute atomic E-state index is 13.7. The third-order valence-electron chi connectivity index (χ3n) is 8.29. The molecule has 4 aliphatic carbocycles. The first kappa shape index (κ1) is 34.5. The van der Waals surface area contributed by atoms with Gasteiger partial charge in [-0.1, -0.05) is 0 Å². The lowest BCUT2D eigenvalue weighted by atomic mass is 9.48. The molecule has 18 heteroatoms. The fourth-order valence-electron chi connectivity index (χ4n) is 6.90. The van der Waals surface area contributed by atoms with Crippen LogP contribution >= 0.6 is 67.8 Å². The third kappa shape index (κ3) is 6.93. The molecule has 2 aromatic rings. The summed E-state index contributed by atoms with van der Waals surface area (Å²) in [5.74, 6) is -3.51. The summed E-state index contributed by atoms with van der Waals surface area (Å²) in [6, 6.07) is 6.66. The summed E-state index contributed by atoms with van der Waals surface area (Å²) in [7, 11) is -6.06. The summed E-state index contributed by atoms with van der Waals surface area (Å²) in [6.45, 7) is -1.93. The van der Waals surface area contributed by atoms with Gasteiger partial charge >= 0.3 is 28.8 Å². The maximum Gasteiger partial charge on any atom is 0.367 e. The van der Waals surface area contributed by atoms with E-state index >= 15 is 0 Å². The number of carbonyl (C=O) groups is 3. The smallest absolute Gasteiger partial charge is 0.367 e. The van der Waals surface area contributed by atoms with Gasteiger partial charge in [-0.2, -0.15) is 8.78 Å². The Hall–Kier alpha value is -1.79. The average Bonchev–Trinajstić information content (AvgIpc) is 2.92. The van der Waals surface area contributed by atoms with Crippen molar-refractivity contribution in [1.29, 1.82) is 0 Å². The van der Waals surface area contributed by atoms with Crippen molar-refractivity contribution in [2.24, 2.45) is 17.3 Å². The minimum Gasteiger partial charge on any atom is -0.743 e. The number of hydrogen-bond donors (Lipinski definition) is 0. The number of nitro benzene ring substituents is 1. The molecule has 0 aliphatic heterocycles. The Morgan fingerprint density at radius 1 is 1.02 bits per heavy atom. The fraction of sp³-hybridized carbons (Fsp3) is 0.444. The zero-order chi connectivity index (χ0) is 33.1. The summed E-state index contributed by atoms with van der Waals surface area (Å²) in [4.78, 5) is 50.4. The van der Waals surface area contributed by atoms with Crippen LogP contribution in [0, 0.1) is 38.1 Å². The van der Waals surface area contributed by atoms with E-state index in [0.29, 0.717) is 22.8 Å². The highest BCUT2D eigenvalue weighted by Crippen LogP contribution is 2.63. The van der Waals surface area contributed by atoms with E-state index in [1.807, 2.05) is 51.2 Å². The topological polar surface area (TPSA) is 179 Å². The SMILES string of the molecule is O=C(OC12CC3CC(C1)CC(C(=O)OCC(F)(F)S(=O)(=O)[O-])(C3)C2)c1ccc(OC(=O)c2cc(I)cc(I)c2I)c([N+](=O)[O-])c1. The number of alkyl halides is 2. The Labute approximate surface area is 295 Å². The van der Waals surface area contributed by atoms with Gasteiger partial charge < -0.3 is 18.8 Å². The minimum absolute atomic E-state index is 0.0850. The summed E-state index contributed by atoms with van der Waals surface area (Å²) >= 11 is 6.04. The predicted molar refractivity (Wildman–Crippen MR) is 174 cm³/mol. The molecule has 2 unspecified atom stereocenters. The lowest BCUT2D eigenvalue weighted by molar-refractivity contribution is -0.385. The number of halogens is 5. The van der Waals surface area contributed by atoms with E-state index in [1.165, 1.54) is 6.07 Å². The van der Waals surface area contributed by atoms with Gasteiger partial charge in [-0.25, -0.2) is 18.0 Å². The van der Waals surface area contributed by atoms with Gasteiger partial charge in [0.2, 0.25) is 5.75 Å². The first-order valence-electron chi connectivity index (χ1n) is 13.2. The molecule has 6 rings (SSSR count). The third-order valence-corrected chi connectivity index (χ3v) is 12.8. The maximum atomic E-state index is 13.7. The molecule has 4 aliphatic rings. The van der Waals surface area contributed by atoms with Crippen LogP contribution in [-0.2, 0) is 24.4 Å². The summed E-state index contributed by atoms with van der Waals surface area (Å²) in [5.41, 5.74) is -3.20. The summed E-state index contributed by atoms with van der Waals surface area (Å²) < 4.78 is 78.0. The zero-order valence-corrected chi connectivity index (χ0v) is 30.0. The Kier molecular flexibility index (Phi) is 9.47. The highest BCUT2D eigenvalue weighted by atomic mass is 127. The van der Waals surface area contributed by atoms with E-state index in [-0.39, 0.29) is 48.0 Å². The van der Waals surface area contributed by atoms with Crippen molar-refractivity contribution in [3.63, 3.8) is 0 Å². The molecule has 45 heavy (non-hydrogen) atoms. The van der Waals surface area contributed by atoms with Gasteiger partial charge in [0, 0.05) is 23.2 Å². The van der Waals surface area contributed by atoms with E-state index in [2.05, 4.69) is 27.3 Å². The molecule has 242 valence electrons. The largest absolute Gasteiger partial charge is 0.743 e. The van der Waals surface area contributed by atoms with Crippen LogP contribution in [0.2, 0.25) is 0 Å². The molecule has 2 atom stereocenters. The molecule has 12 nitrogen and oxygen atoms in total. The van der Waals surface area contributed by atoms with E-state index in [1.54, 1.807) is 6.07 Å². The van der Waals surface area contributed by atoms with Gasteiger partial charge in [-0.15, -0.1) is 0 Å². The van der Waals surface area contributed by atoms with Gasteiger partial charge in [0.05, 0.1) is 21.5 Å². The lowest BCUT2D eigenvalue weighted by Crippen LogP contribution is -2.60. The number of carbonyl (C=O) groups excluding carboxylic acids is 3. The standard InChI is InChI=1S/C27H22F2I3NO11S/c28-27(29,45(39,40)41)12-42-24(36)25-7-13-3-14(8-25)10-26(9-13,11-25)44-22(34)15-1-2-20(19(4-15)33(37)38)43-23(35)17-5-16(30)6-18(31)21(17)32/h1-2,4-6,13-14H,3,7-12H2,(H,39,40,41)/p-1. The molecule has 4 fully saturated rings. The quantitative estimate of drug-likeness (QED) is 0.0564. The number of benzene rings is 2. The molecule has 0 aromatic heterocycles. The van der Waals surface area contributed by atoms with Crippen LogP contribution in [0.15, 0.2) is 30.3 Å². The molecule has 0 heterocycles. The molecule has 0 spiro atoms. The first-order valence-corrected chi connectivity index (χ1v) is 17.9. The molecule has 0 radical (unpaired) electrons. The molecule has 4 saturated carbocycles. The van der Waals surface area contributed by atoms with Crippen LogP contribution in [-0.4, -0.2) is 53.3 Å². The number of esters is 3. The molecule has 0 amide bonds. The van der Waals surface area contributed by atoms with Crippen LogP contribution in [0.1, 0.15) is 59.2 Å². The fourth-order valence-corrected chi connectivity index (χ4v) is 9.48. The van der Waals surface area contributed by atoms with Gasteiger partial charge in [-0.3, -0.25) is 14.9 Å². The van der Waals surface area contributed by atoms with Crippen molar-refractivity contribution < 1.29 is 55.3 Å². The Morgan fingerprint density at radius 3 is 2.27 bits per heavy atom. The number of nitrogens with zero attached hydrogens (tertiary/aromatic N) is 1. The summed E-state index contributed by atoms with van der Waals surface area (Å²) in [5, 5.41) is 7.10. The first-order chi connectivity index (χ1) is 20.8.